The molecule has 0 saturated carbocycles. The Balaban J connectivity index is 1.64. The lowest BCUT2D eigenvalue weighted by molar-refractivity contribution is 0.0955. The first-order chi connectivity index (χ1) is 16.1. The minimum absolute atomic E-state index is 0.245. The SMILES string of the molecule is CCOc1ccc(C(=O)N/N=C/c2ccc(OCc3ccccc3C#N)c(OCC)c2)cc1. The van der Waals surface area contributed by atoms with E-state index in [0.29, 0.717) is 41.6 Å². The first kappa shape index (κ1) is 23.4. The number of ether oxygens (including phenoxy) is 3. The van der Waals surface area contributed by atoms with Crippen LogP contribution in [0.2, 0.25) is 0 Å². The fourth-order valence-corrected chi connectivity index (χ4v) is 3.00. The van der Waals surface area contributed by atoms with Gasteiger partial charge in [-0.2, -0.15) is 10.4 Å². The van der Waals surface area contributed by atoms with Crippen LogP contribution in [0.25, 0.3) is 0 Å². The van der Waals surface area contributed by atoms with Gasteiger partial charge in [0.15, 0.2) is 11.5 Å². The van der Waals surface area contributed by atoms with Crippen molar-refractivity contribution in [1.82, 2.24) is 5.43 Å². The van der Waals surface area contributed by atoms with Crippen LogP contribution >= 0.6 is 0 Å². The number of hydrogen-bond donors (Lipinski definition) is 1. The molecule has 0 aromatic heterocycles. The maximum Gasteiger partial charge on any atom is 0.271 e. The molecule has 0 aliphatic carbocycles. The van der Waals surface area contributed by atoms with Crippen molar-refractivity contribution in [3.8, 4) is 23.3 Å². The lowest BCUT2D eigenvalue weighted by atomic mass is 10.1. The predicted molar refractivity (Wildman–Crippen MR) is 126 cm³/mol. The van der Waals surface area contributed by atoms with Crippen molar-refractivity contribution in [3.63, 3.8) is 0 Å². The van der Waals surface area contributed by atoms with Gasteiger partial charge in [-0.1, -0.05) is 18.2 Å². The van der Waals surface area contributed by atoms with E-state index in [0.717, 1.165) is 11.1 Å². The van der Waals surface area contributed by atoms with Gasteiger partial charge in [0.25, 0.3) is 5.91 Å². The normalized spacial score (nSPS) is 10.5. The molecule has 0 fully saturated rings. The van der Waals surface area contributed by atoms with Gasteiger partial charge in [0, 0.05) is 11.1 Å². The van der Waals surface area contributed by atoms with Gasteiger partial charge in [0.1, 0.15) is 12.4 Å². The predicted octanol–water partition coefficient (Wildman–Crippen LogP) is 4.70. The summed E-state index contributed by atoms with van der Waals surface area (Å²) >= 11 is 0. The molecule has 3 aromatic rings. The van der Waals surface area contributed by atoms with Gasteiger partial charge in [-0.25, -0.2) is 5.43 Å². The minimum Gasteiger partial charge on any atom is -0.494 e. The van der Waals surface area contributed by atoms with E-state index in [1.165, 1.54) is 6.21 Å². The van der Waals surface area contributed by atoms with Crippen molar-refractivity contribution >= 4 is 12.1 Å². The van der Waals surface area contributed by atoms with Crippen LogP contribution in [0, 0.1) is 11.3 Å². The molecule has 1 N–H and O–H groups in total. The third-order valence-electron chi connectivity index (χ3n) is 4.60. The summed E-state index contributed by atoms with van der Waals surface area (Å²) in [7, 11) is 0. The highest BCUT2D eigenvalue weighted by molar-refractivity contribution is 5.95. The molecule has 7 nitrogen and oxygen atoms in total. The largest absolute Gasteiger partial charge is 0.494 e. The van der Waals surface area contributed by atoms with Crippen molar-refractivity contribution in [2.75, 3.05) is 13.2 Å². The molecule has 0 atom stereocenters. The van der Waals surface area contributed by atoms with Crippen molar-refractivity contribution in [3.05, 3.63) is 89.0 Å². The molecule has 0 aliphatic heterocycles. The second-order valence-corrected chi connectivity index (χ2v) is 6.85. The smallest absolute Gasteiger partial charge is 0.271 e. The van der Waals surface area contributed by atoms with Gasteiger partial charge >= 0.3 is 0 Å². The standard InChI is InChI=1S/C26H25N3O4/c1-3-31-23-12-10-20(11-13-23)26(30)29-28-17-19-9-14-24(25(15-19)32-4-2)33-18-22-8-6-5-7-21(22)16-27/h5-15,17H,3-4,18H2,1-2H3,(H,29,30)/b28-17+. The van der Waals surface area contributed by atoms with Gasteiger partial charge in [-0.3, -0.25) is 4.79 Å². The Morgan fingerprint density at radius 2 is 1.73 bits per heavy atom. The third-order valence-corrected chi connectivity index (χ3v) is 4.60. The average molecular weight is 444 g/mol. The van der Waals surface area contributed by atoms with Crippen molar-refractivity contribution in [2.45, 2.75) is 20.5 Å². The van der Waals surface area contributed by atoms with Crippen LogP contribution in [-0.4, -0.2) is 25.3 Å². The summed E-state index contributed by atoms with van der Waals surface area (Å²) in [4.78, 5) is 12.3. The Bertz CT molecular complexity index is 1150. The number of hydrogen-bond acceptors (Lipinski definition) is 6. The summed E-state index contributed by atoms with van der Waals surface area (Å²) < 4.78 is 17.0. The first-order valence-electron chi connectivity index (χ1n) is 10.6. The molecule has 0 bridgehead atoms. The molecule has 0 aliphatic rings. The van der Waals surface area contributed by atoms with E-state index in [9.17, 15) is 10.1 Å². The summed E-state index contributed by atoms with van der Waals surface area (Å²) in [6.45, 7) is 5.05. The Morgan fingerprint density at radius 1 is 0.970 bits per heavy atom. The summed E-state index contributed by atoms with van der Waals surface area (Å²) in [6.07, 6.45) is 1.53. The van der Waals surface area contributed by atoms with Gasteiger partial charge in [-0.05, 0) is 67.9 Å². The van der Waals surface area contributed by atoms with Crippen LogP contribution in [-0.2, 0) is 6.61 Å². The highest BCUT2D eigenvalue weighted by atomic mass is 16.5. The van der Waals surface area contributed by atoms with Crippen molar-refractivity contribution in [2.24, 2.45) is 5.10 Å². The number of rotatable bonds is 10. The van der Waals surface area contributed by atoms with Crippen molar-refractivity contribution in [1.29, 1.82) is 5.26 Å². The molecule has 3 rings (SSSR count). The zero-order valence-electron chi connectivity index (χ0n) is 18.6. The fraction of sp³-hybridized carbons (Fsp3) is 0.192. The zero-order valence-corrected chi connectivity index (χ0v) is 18.6. The van der Waals surface area contributed by atoms with E-state index < -0.39 is 0 Å². The Kier molecular flexibility index (Phi) is 8.43. The second kappa shape index (κ2) is 11.9. The molecule has 0 saturated heterocycles. The number of nitriles is 1. The van der Waals surface area contributed by atoms with Crippen LogP contribution in [0.15, 0.2) is 71.8 Å². The Morgan fingerprint density at radius 3 is 2.45 bits per heavy atom. The highest BCUT2D eigenvalue weighted by Crippen LogP contribution is 2.29. The maximum absolute atomic E-state index is 12.3. The molecule has 1 amide bonds. The lowest BCUT2D eigenvalue weighted by Gasteiger charge is -2.13. The quantitative estimate of drug-likeness (QED) is 0.362. The third kappa shape index (κ3) is 6.58. The molecule has 0 spiro atoms. The summed E-state index contributed by atoms with van der Waals surface area (Å²) in [5, 5.41) is 13.3. The number of benzene rings is 3. The lowest BCUT2D eigenvalue weighted by Crippen LogP contribution is -2.17. The van der Waals surface area contributed by atoms with E-state index >= 15 is 0 Å². The molecule has 168 valence electrons. The van der Waals surface area contributed by atoms with E-state index in [1.54, 1.807) is 48.5 Å². The van der Waals surface area contributed by atoms with Crippen molar-refractivity contribution < 1.29 is 19.0 Å². The zero-order chi connectivity index (χ0) is 23.5. The minimum atomic E-state index is -0.324. The Labute approximate surface area is 193 Å². The van der Waals surface area contributed by atoms with Gasteiger partial charge in [0.05, 0.1) is 31.1 Å². The number of carbonyl (C=O) groups excluding carboxylic acids is 1. The van der Waals surface area contributed by atoms with Crippen LogP contribution in [0.1, 0.15) is 40.9 Å². The topological polar surface area (TPSA) is 92.9 Å². The van der Waals surface area contributed by atoms with Crippen LogP contribution in [0.3, 0.4) is 0 Å². The van der Waals surface area contributed by atoms with E-state index in [1.807, 2.05) is 32.0 Å². The van der Waals surface area contributed by atoms with Gasteiger partial charge < -0.3 is 14.2 Å². The highest BCUT2D eigenvalue weighted by Gasteiger charge is 2.09. The van der Waals surface area contributed by atoms with Gasteiger partial charge in [-0.15, -0.1) is 0 Å². The summed E-state index contributed by atoms with van der Waals surface area (Å²) in [5.41, 5.74) is 5.09. The molecule has 3 aromatic carbocycles. The van der Waals surface area contributed by atoms with E-state index in [4.69, 9.17) is 14.2 Å². The number of nitrogens with one attached hydrogen (secondary N) is 1. The van der Waals surface area contributed by atoms with Crippen LogP contribution in [0.5, 0.6) is 17.2 Å². The molecular weight excluding hydrogens is 418 g/mol. The van der Waals surface area contributed by atoms with Crippen LogP contribution < -0.4 is 19.6 Å². The molecule has 0 unspecified atom stereocenters. The molecule has 0 radical (unpaired) electrons. The molecule has 33 heavy (non-hydrogen) atoms. The maximum atomic E-state index is 12.3. The second-order valence-electron chi connectivity index (χ2n) is 6.85. The van der Waals surface area contributed by atoms with Crippen LogP contribution in [0.4, 0.5) is 0 Å². The van der Waals surface area contributed by atoms with E-state index in [-0.39, 0.29) is 12.5 Å². The summed E-state index contributed by atoms with van der Waals surface area (Å²) in [5.74, 6) is 1.49. The number of amides is 1. The monoisotopic (exact) mass is 443 g/mol. The number of carbonyl (C=O) groups is 1. The van der Waals surface area contributed by atoms with E-state index in [2.05, 4.69) is 16.6 Å². The average Bonchev–Trinajstić information content (AvgIpc) is 2.84. The molecular formula is C26H25N3O4. The summed E-state index contributed by atoms with van der Waals surface area (Å²) in [6, 6.07) is 21.7. The number of hydrazone groups is 1. The van der Waals surface area contributed by atoms with Gasteiger partial charge in [0.2, 0.25) is 0 Å². The fourth-order valence-electron chi connectivity index (χ4n) is 3.00. The Hall–Kier alpha value is -4.31. The molecule has 7 heteroatoms. The first-order valence-corrected chi connectivity index (χ1v) is 10.6. The molecule has 0 heterocycles. The number of nitrogens with zero attached hydrogens (tertiary/aromatic N) is 2.